The molecule has 0 aliphatic heterocycles. The number of rotatable bonds is 7. The molecule has 0 amide bonds. The first-order chi connectivity index (χ1) is 7.30. The van der Waals surface area contributed by atoms with Crippen molar-refractivity contribution >= 4 is 13.7 Å². The van der Waals surface area contributed by atoms with Crippen molar-refractivity contribution in [3.8, 4) is 0 Å². The van der Waals surface area contributed by atoms with Crippen molar-refractivity contribution in [3.63, 3.8) is 0 Å². The standard InChI is InChI=1S/C11H23BN2O2/c1-10(2,15-6)11(3,4)16-12-9(7-13)8-14-5/h7-8,12-14H,1-6H3/b9-8+,13-7?. The van der Waals surface area contributed by atoms with E-state index in [9.17, 15) is 0 Å². The minimum absolute atomic E-state index is 0.375. The summed E-state index contributed by atoms with van der Waals surface area (Å²) in [7, 11) is 3.87. The highest BCUT2D eigenvalue weighted by molar-refractivity contribution is 6.45. The minimum Gasteiger partial charge on any atom is -0.427 e. The Labute approximate surface area is 99.2 Å². The van der Waals surface area contributed by atoms with Crippen molar-refractivity contribution in [3.05, 3.63) is 11.7 Å². The van der Waals surface area contributed by atoms with Crippen molar-refractivity contribution in [2.75, 3.05) is 14.2 Å². The first-order valence-electron chi connectivity index (χ1n) is 5.36. The second-order valence-corrected chi connectivity index (χ2v) is 4.67. The molecule has 0 unspecified atom stereocenters. The van der Waals surface area contributed by atoms with Gasteiger partial charge in [0, 0.05) is 20.4 Å². The van der Waals surface area contributed by atoms with Crippen LogP contribution in [0.15, 0.2) is 11.7 Å². The van der Waals surface area contributed by atoms with Crippen LogP contribution in [0, 0.1) is 5.41 Å². The molecule has 0 aliphatic rings. The lowest BCUT2D eigenvalue weighted by atomic mass is 9.83. The fourth-order valence-electron chi connectivity index (χ4n) is 0.994. The van der Waals surface area contributed by atoms with E-state index in [0.717, 1.165) is 5.47 Å². The number of allylic oxidation sites excluding steroid dienone is 1. The van der Waals surface area contributed by atoms with E-state index >= 15 is 0 Å². The molecule has 0 saturated carbocycles. The van der Waals surface area contributed by atoms with E-state index in [4.69, 9.17) is 14.8 Å². The van der Waals surface area contributed by atoms with E-state index in [0.29, 0.717) is 7.48 Å². The van der Waals surface area contributed by atoms with Gasteiger partial charge in [0.2, 0.25) is 0 Å². The van der Waals surface area contributed by atoms with E-state index < -0.39 is 5.60 Å². The summed E-state index contributed by atoms with van der Waals surface area (Å²) in [6.07, 6.45) is 3.04. The fourth-order valence-corrected chi connectivity index (χ4v) is 0.994. The molecule has 2 N–H and O–H groups in total. The molecule has 92 valence electrons. The first-order valence-corrected chi connectivity index (χ1v) is 5.36. The van der Waals surface area contributed by atoms with E-state index in [2.05, 4.69) is 5.32 Å². The summed E-state index contributed by atoms with van der Waals surface area (Å²) in [5.74, 6) is 0. The first kappa shape index (κ1) is 15.2. The SMILES string of the molecule is CN/C=C(/BOC(C)(C)C(C)(C)OC)C=N. The van der Waals surface area contributed by atoms with E-state index in [1.807, 2.05) is 27.7 Å². The predicted octanol–water partition coefficient (Wildman–Crippen LogP) is 1.27. The monoisotopic (exact) mass is 226 g/mol. The van der Waals surface area contributed by atoms with Crippen LogP contribution < -0.4 is 5.32 Å². The number of hydrogen-bond donors (Lipinski definition) is 2. The predicted molar refractivity (Wildman–Crippen MR) is 69.3 cm³/mol. The van der Waals surface area contributed by atoms with Gasteiger partial charge in [-0.25, -0.2) is 0 Å². The van der Waals surface area contributed by atoms with Gasteiger partial charge < -0.3 is 20.1 Å². The summed E-state index contributed by atoms with van der Waals surface area (Å²) in [5, 5.41) is 10.1. The average Bonchev–Trinajstić information content (AvgIpc) is 2.23. The molecule has 5 heteroatoms. The lowest BCUT2D eigenvalue weighted by Gasteiger charge is -2.40. The quantitative estimate of drug-likeness (QED) is 0.507. The highest BCUT2D eigenvalue weighted by atomic mass is 16.5. The average molecular weight is 226 g/mol. The lowest BCUT2D eigenvalue weighted by molar-refractivity contribution is -0.114. The normalized spacial score (nSPS) is 13.5. The Morgan fingerprint density at radius 2 is 1.81 bits per heavy atom. The Morgan fingerprint density at radius 1 is 1.25 bits per heavy atom. The Bertz CT molecular complexity index is 263. The molecule has 0 saturated heterocycles. The topological polar surface area (TPSA) is 54.3 Å². The maximum absolute atomic E-state index is 7.23. The third-order valence-electron chi connectivity index (χ3n) is 3.08. The van der Waals surface area contributed by atoms with Crippen LogP contribution in [-0.4, -0.2) is 39.1 Å². The molecule has 16 heavy (non-hydrogen) atoms. The molecule has 0 atom stereocenters. The van der Waals surface area contributed by atoms with Crippen molar-refractivity contribution in [2.24, 2.45) is 0 Å². The summed E-state index contributed by atoms with van der Waals surface area (Å²) in [6, 6.07) is 0. The van der Waals surface area contributed by atoms with Crippen molar-refractivity contribution in [2.45, 2.75) is 38.9 Å². The van der Waals surface area contributed by atoms with Crippen LogP contribution in [0.5, 0.6) is 0 Å². The highest BCUT2D eigenvalue weighted by Crippen LogP contribution is 2.28. The molecule has 4 nitrogen and oxygen atoms in total. The third-order valence-corrected chi connectivity index (χ3v) is 3.08. The molecular weight excluding hydrogens is 203 g/mol. The molecule has 0 fully saturated rings. The zero-order valence-electron chi connectivity index (χ0n) is 11.2. The van der Waals surface area contributed by atoms with Crippen LogP contribution in [0.1, 0.15) is 27.7 Å². The molecule has 0 spiro atoms. The number of hydrogen-bond acceptors (Lipinski definition) is 4. The molecule has 0 aromatic rings. The molecule has 0 bridgehead atoms. The summed E-state index contributed by atoms with van der Waals surface area (Å²) >= 11 is 0. The zero-order valence-corrected chi connectivity index (χ0v) is 11.2. The van der Waals surface area contributed by atoms with Gasteiger partial charge in [-0.1, -0.05) is 0 Å². The van der Waals surface area contributed by atoms with Crippen LogP contribution in [0.25, 0.3) is 0 Å². The molecule has 0 aliphatic carbocycles. The molecule has 0 rings (SSSR count). The molecule has 0 aromatic carbocycles. The van der Waals surface area contributed by atoms with Gasteiger partial charge in [0.05, 0.1) is 11.2 Å². The maximum atomic E-state index is 7.23. The zero-order chi connectivity index (χ0) is 12.8. The third kappa shape index (κ3) is 3.98. The van der Waals surface area contributed by atoms with Crippen LogP contribution >= 0.6 is 0 Å². The smallest absolute Gasteiger partial charge is 0.312 e. The molecule has 0 heterocycles. The Kier molecular flexibility index (Phi) is 5.75. The van der Waals surface area contributed by atoms with Gasteiger partial charge in [0.1, 0.15) is 0 Å². The Morgan fingerprint density at radius 3 is 2.19 bits per heavy atom. The van der Waals surface area contributed by atoms with Gasteiger partial charge in [-0.3, -0.25) is 0 Å². The number of ether oxygens (including phenoxy) is 1. The maximum Gasteiger partial charge on any atom is 0.312 e. The van der Waals surface area contributed by atoms with Crippen LogP contribution in [0.3, 0.4) is 0 Å². The van der Waals surface area contributed by atoms with Crippen molar-refractivity contribution < 1.29 is 9.39 Å². The Hall–Kier alpha value is -0.805. The molecule has 0 radical (unpaired) electrons. The van der Waals surface area contributed by atoms with Gasteiger partial charge in [-0.15, -0.1) is 0 Å². The van der Waals surface area contributed by atoms with Gasteiger partial charge in [0.25, 0.3) is 0 Å². The van der Waals surface area contributed by atoms with E-state index in [1.54, 1.807) is 20.4 Å². The van der Waals surface area contributed by atoms with Gasteiger partial charge in [-0.2, -0.15) is 0 Å². The van der Waals surface area contributed by atoms with Gasteiger partial charge in [-0.05, 0) is 39.4 Å². The lowest BCUT2D eigenvalue weighted by Crippen LogP contribution is -2.49. The largest absolute Gasteiger partial charge is 0.427 e. The van der Waals surface area contributed by atoms with Crippen molar-refractivity contribution in [1.29, 1.82) is 5.41 Å². The van der Waals surface area contributed by atoms with E-state index in [-0.39, 0.29) is 5.60 Å². The Balaban J connectivity index is 4.50. The number of methoxy groups -OCH3 is 1. The second-order valence-electron chi connectivity index (χ2n) is 4.67. The minimum atomic E-state index is -0.419. The van der Waals surface area contributed by atoms with Gasteiger partial charge >= 0.3 is 7.48 Å². The summed E-state index contributed by atoms with van der Waals surface area (Å²) < 4.78 is 11.2. The van der Waals surface area contributed by atoms with Crippen molar-refractivity contribution in [1.82, 2.24) is 5.32 Å². The highest BCUT2D eigenvalue weighted by Gasteiger charge is 2.37. The van der Waals surface area contributed by atoms with Crippen LogP contribution in [0.4, 0.5) is 0 Å². The second kappa shape index (κ2) is 6.06. The van der Waals surface area contributed by atoms with Gasteiger partial charge in [0.15, 0.2) is 0 Å². The van der Waals surface area contributed by atoms with Crippen LogP contribution in [-0.2, 0) is 9.39 Å². The summed E-state index contributed by atoms with van der Waals surface area (Å²) in [5.41, 5.74) is -0.000313. The van der Waals surface area contributed by atoms with E-state index in [1.165, 1.54) is 6.21 Å². The molecular formula is C11H23BN2O2. The fraction of sp³-hybridized carbons (Fsp3) is 0.727. The van der Waals surface area contributed by atoms with Crippen LogP contribution in [0.2, 0.25) is 0 Å². The number of nitrogens with one attached hydrogen (secondary N) is 2. The molecule has 0 aromatic heterocycles. The summed E-state index contributed by atoms with van der Waals surface area (Å²) in [4.78, 5) is 0. The summed E-state index contributed by atoms with van der Waals surface area (Å²) in [6.45, 7) is 7.94.